The maximum absolute atomic E-state index is 6.42. The number of aryl methyl sites for hydroxylation is 1. The molecule has 120 valence electrons. The van der Waals surface area contributed by atoms with Gasteiger partial charge in [-0.05, 0) is 37.4 Å². The van der Waals surface area contributed by atoms with Gasteiger partial charge in [0.15, 0.2) is 0 Å². The zero-order valence-electron chi connectivity index (χ0n) is 13.3. The molecule has 2 aromatic carbocycles. The van der Waals surface area contributed by atoms with Crippen LogP contribution in [0.15, 0.2) is 52.9 Å². The molecule has 0 radical (unpaired) electrons. The van der Waals surface area contributed by atoms with Crippen LogP contribution in [0.2, 0.25) is 5.02 Å². The van der Waals surface area contributed by atoms with Crippen LogP contribution in [0, 0.1) is 6.92 Å². The topological polar surface area (TPSA) is 34.4 Å². The lowest BCUT2D eigenvalue weighted by Gasteiger charge is -2.13. The Kier molecular flexibility index (Phi) is 4.89. The Hall–Kier alpha value is -1.97. The molecular weight excluding hydrogens is 310 g/mol. The van der Waals surface area contributed by atoms with Gasteiger partial charge >= 0.3 is 0 Å². The fourth-order valence-corrected chi connectivity index (χ4v) is 2.84. The molecule has 1 N–H and O–H groups in total. The molecule has 1 aromatic heterocycles. The third-order valence-corrected chi connectivity index (χ3v) is 4.22. The van der Waals surface area contributed by atoms with Crippen LogP contribution in [-0.4, -0.2) is 13.2 Å². The maximum Gasteiger partial charge on any atom is 0.138 e. The predicted octanol–water partition coefficient (Wildman–Crippen LogP) is 5.12. The fraction of sp³-hybridized carbons (Fsp3) is 0.263. The van der Waals surface area contributed by atoms with Crippen LogP contribution in [0.1, 0.15) is 24.5 Å². The first-order valence-corrected chi connectivity index (χ1v) is 8.12. The van der Waals surface area contributed by atoms with Crippen LogP contribution in [-0.2, 0) is 0 Å². The summed E-state index contributed by atoms with van der Waals surface area (Å²) in [6, 6.07) is 16.1. The van der Waals surface area contributed by atoms with E-state index in [0.29, 0.717) is 23.9 Å². The molecule has 23 heavy (non-hydrogen) atoms. The Bertz CT molecular complexity index is 797. The molecule has 1 unspecified atom stereocenters. The van der Waals surface area contributed by atoms with E-state index in [4.69, 9.17) is 20.8 Å². The van der Waals surface area contributed by atoms with Crippen molar-refractivity contribution in [1.29, 1.82) is 0 Å². The van der Waals surface area contributed by atoms with Gasteiger partial charge in [-0.15, -0.1) is 0 Å². The van der Waals surface area contributed by atoms with E-state index in [-0.39, 0.29) is 6.04 Å². The first kappa shape index (κ1) is 15.9. The smallest absolute Gasteiger partial charge is 0.138 e. The predicted molar refractivity (Wildman–Crippen MR) is 94.3 cm³/mol. The SMILES string of the molecule is Cc1ccc(C(C)NCCOc2ccc3ccccc3c2Cl)o1. The highest BCUT2D eigenvalue weighted by atomic mass is 35.5. The maximum atomic E-state index is 6.42. The molecule has 0 bridgehead atoms. The number of ether oxygens (including phenoxy) is 1. The second-order valence-corrected chi connectivity index (χ2v) is 5.95. The molecule has 0 saturated carbocycles. The molecule has 0 amide bonds. The summed E-state index contributed by atoms with van der Waals surface area (Å²) in [5.74, 6) is 2.58. The van der Waals surface area contributed by atoms with Gasteiger partial charge in [-0.3, -0.25) is 0 Å². The Labute approximate surface area is 141 Å². The summed E-state index contributed by atoms with van der Waals surface area (Å²) in [6.07, 6.45) is 0. The third-order valence-electron chi connectivity index (χ3n) is 3.83. The van der Waals surface area contributed by atoms with Gasteiger partial charge in [0.25, 0.3) is 0 Å². The summed E-state index contributed by atoms with van der Waals surface area (Å²) in [6.45, 7) is 5.27. The van der Waals surface area contributed by atoms with E-state index in [2.05, 4.69) is 12.2 Å². The van der Waals surface area contributed by atoms with Crippen molar-refractivity contribution in [2.45, 2.75) is 19.9 Å². The van der Waals surface area contributed by atoms with E-state index in [0.717, 1.165) is 22.3 Å². The van der Waals surface area contributed by atoms with Gasteiger partial charge in [0.05, 0.1) is 11.1 Å². The zero-order chi connectivity index (χ0) is 16.2. The molecule has 0 aliphatic rings. The van der Waals surface area contributed by atoms with Gasteiger partial charge in [0.2, 0.25) is 0 Å². The number of hydrogen-bond donors (Lipinski definition) is 1. The highest BCUT2D eigenvalue weighted by Gasteiger charge is 2.09. The molecule has 0 saturated heterocycles. The summed E-state index contributed by atoms with van der Waals surface area (Å²) in [5, 5.41) is 6.17. The number of nitrogens with one attached hydrogen (secondary N) is 1. The average molecular weight is 330 g/mol. The van der Waals surface area contributed by atoms with Crippen molar-refractivity contribution in [3.8, 4) is 5.75 Å². The summed E-state index contributed by atoms with van der Waals surface area (Å²) in [5.41, 5.74) is 0. The number of rotatable bonds is 6. The van der Waals surface area contributed by atoms with Gasteiger partial charge in [-0.2, -0.15) is 0 Å². The molecule has 4 heteroatoms. The lowest BCUT2D eigenvalue weighted by Crippen LogP contribution is -2.24. The fourth-order valence-electron chi connectivity index (χ4n) is 2.55. The summed E-state index contributed by atoms with van der Waals surface area (Å²) >= 11 is 6.42. The molecule has 3 nitrogen and oxygen atoms in total. The summed E-state index contributed by atoms with van der Waals surface area (Å²) < 4.78 is 11.4. The Morgan fingerprint density at radius 2 is 1.96 bits per heavy atom. The van der Waals surface area contributed by atoms with Crippen LogP contribution in [0.3, 0.4) is 0 Å². The van der Waals surface area contributed by atoms with E-state index in [1.807, 2.05) is 55.5 Å². The van der Waals surface area contributed by atoms with Gasteiger partial charge < -0.3 is 14.5 Å². The van der Waals surface area contributed by atoms with E-state index in [1.165, 1.54) is 0 Å². The number of halogens is 1. The van der Waals surface area contributed by atoms with E-state index in [9.17, 15) is 0 Å². The largest absolute Gasteiger partial charge is 0.491 e. The quantitative estimate of drug-likeness (QED) is 0.637. The molecule has 1 heterocycles. The summed E-state index contributed by atoms with van der Waals surface area (Å²) in [7, 11) is 0. The second kappa shape index (κ2) is 7.07. The van der Waals surface area contributed by atoms with Crippen molar-refractivity contribution < 1.29 is 9.15 Å². The normalized spacial score (nSPS) is 12.5. The van der Waals surface area contributed by atoms with Crippen molar-refractivity contribution in [2.75, 3.05) is 13.2 Å². The summed E-state index contributed by atoms with van der Waals surface area (Å²) in [4.78, 5) is 0. The zero-order valence-corrected chi connectivity index (χ0v) is 14.1. The van der Waals surface area contributed by atoms with Crippen LogP contribution >= 0.6 is 11.6 Å². The van der Waals surface area contributed by atoms with E-state index in [1.54, 1.807) is 0 Å². The third kappa shape index (κ3) is 3.69. The van der Waals surface area contributed by atoms with Crippen LogP contribution < -0.4 is 10.1 Å². The van der Waals surface area contributed by atoms with Crippen LogP contribution in [0.4, 0.5) is 0 Å². The lowest BCUT2D eigenvalue weighted by atomic mass is 10.1. The van der Waals surface area contributed by atoms with Crippen molar-refractivity contribution in [1.82, 2.24) is 5.32 Å². The Balaban J connectivity index is 1.56. The number of hydrogen-bond acceptors (Lipinski definition) is 3. The molecule has 0 aliphatic carbocycles. The first-order valence-electron chi connectivity index (χ1n) is 7.75. The van der Waals surface area contributed by atoms with E-state index >= 15 is 0 Å². The minimum Gasteiger partial charge on any atom is -0.491 e. The highest BCUT2D eigenvalue weighted by Crippen LogP contribution is 2.32. The minimum absolute atomic E-state index is 0.152. The van der Waals surface area contributed by atoms with Gasteiger partial charge in [-0.25, -0.2) is 0 Å². The van der Waals surface area contributed by atoms with Crippen molar-refractivity contribution in [3.63, 3.8) is 0 Å². The minimum atomic E-state index is 0.152. The molecule has 0 spiro atoms. The van der Waals surface area contributed by atoms with Crippen molar-refractivity contribution >= 4 is 22.4 Å². The van der Waals surface area contributed by atoms with Gasteiger partial charge in [0, 0.05) is 11.9 Å². The number of benzene rings is 2. The lowest BCUT2D eigenvalue weighted by molar-refractivity contribution is 0.301. The first-order chi connectivity index (χ1) is 11.1. The molecule has 1 atom stereocenters. The molecule has 0 aliphatic heterocycles. The molecule has 3 aromatic rings. The number of furan rings is 1. The average Bonchev–Trinajstić information content (AvgIpc) is 3.00. The second-order valence-electron chi connectivity index (χ2n) is 5.57. The van der Waals surface area contributed by atoms with Crippen LogP contribution in [0.5, 0.6) is 5.75 Å². The van der Waals surface area contributed by atoms with Gasteiger partial charge in [0.1, 0.15) is 23.9 Å². The van der Waals surface area contributed by atoms with E-state index < -0.39 is 0 Å². The van der Waals surface area contributed by atoms with Crippen molar-refractivity contribution in [2.24, 2.45) is 0 Å². The molecule has 0 fully saturated rings. The monoisotopic (exact) mass is 329 g/mol. The molecular formula is C19H20ClNO2. The standard InChI is InChI=1S/C19H20ClNO2/c1-13-7-9-17(23-13)14(2)21-11-12-22-18-10-8-15-5-3-4-6-16(15)19(18)20/h3-10,14,21H,11-12H2,1-2H3. The molecule has 3 rings (SSSR count). The highest BCUT2D eigenvalue weighted by molar-refractivity contribution is 6.37. The number of fused-ring (bicyclic) bond motifs is 1. The Morgan fingerprint density at radius 1 is 1.13 bits per heavy atom. The van der Waals surface area contributed by atoms with Crippen LogP contribution in [0.25, 0.3) is 10.8 Å². The van der Waals surface area contributed by atoms with Gasteiger partial charge in [-0.1, -0.05) is 41.9 Å². The van der Waals surface area contributed by atoms with Crippen molar-refractivity contribution in [3.05, 3.63) is 65.1 Å². The Morgan fingerprint density at radius 3 is 2.74 bits per heavy atom.